The molecule has 3 aromatic rings. The molecule has 5 nitrogen and oxygen atoms in total. The zero-order chi connectivity index (χ0) is 19.5. The number of nitrogens with zero attached hydrogens (tertiary/aromatic N) is 1. The van der Waals surface area contributed by atoms with E-state index in [0.29, 0.717) is 17.1 Å². The van der Waals surface area contributed by atoms with Gasteiger partial charge in [-0.3, -0.25) is 4.79 Å². The third-order valence-electron chi connectivity index (χ3n) is 4.95. The first-order valence-corrected chi connectivity index (χ1v) is 10.00. The minimum atomic E-state index is -0.232. The third-order valence-corrected chi connectivity index (χ3v) is 5.97. The summed E-state index contributed by atoms with van der Waals surface area (Å²) in [5, 5.41) is 5.10. The van der Waals surface area contributed by atoms with Crippen molar-refractivity contribution < 1.29 is 14.3 Å². The van der Waals surface area contributed by atoms with Crippen LogP contribution in [0.4, 0.5) is 11.4 Å². The Kier molecular flexibility index (Phi) is 5.21. The lowest BCUT2D eigenvalue weighted by molar-refractivity contribution is 0.102. The number of hydrogen-bond acceptors (Lipinski definition) is 5. The second-order valence-corrected chi connectivity index (χ2v) is 7.58. The van der Waals surface area contributed by atoms with Crippen LogP contribution < -0.4 is 19.7 Å². The van der Waals surface area contributed by atoms with E-state index in [2.05, 4.69) is 33.8 Å². The molecule has 0 saturated heterocycles. The van der Waals surface area contributed by atoms with Crippen molar-refractivity contribution in [3.05, 3.63) is 69.9 Å². The minimum Gasteiger partial charge on any atom is -0.493 e. The maximum atomic E-state index is 12.7. The van der Waals surface area contributed by atoms with E-state index in [1.807, 2.05) is 23.5 Å². The van der Waals surface area contributed by atoms with E-state index in [-0.39, 0.29) is 5.91 Å². The van der Waals surface area contributed by atoms with Crippen molar-refractivity contribution in [1.82, 2.24) is 0 Å². The van der Waals surface area contributed by atoms with Gasteiger partial charge in [0.2, 0.25) is 0 Å². The molecule has 0 aliphatic carbocycles. The van der Waals surface area contributed by atoms with Gasteiger partial charge in [0.05, 0.1) is 19.8 Å². The number of anilines is 2. The van der Waals surface area contributed by atoms with E-state index in [1.165, 1.54) is 17.6 Å². The van der Waals surface area contributed by atoms with Crippen LogP contribution in [-0.2, 0) is 13.0 Å². The number of methoxy groups -OCH3 is 2. The Morgan fingerprint density at radius 1 is 1.07 bits per heavy atom. The van der Waals surface area contributed by atoms with E-state index in [0.717, 1.165) is 30.9 Å². The molecular weight excluding hydrogens is 372 g/mol. The molecule has 1 aromatic heterocycles. The van der Waals surface area contributed by atoms with Crippen molar-refractivity contribution in [3.8, 4) is 11.5 Å². The van der Waals surface area contributed by atoms with E-state index in [4.69, 9.17) is 9.47 Å². The number of fused-ring (bicyclic) bond motifs is 1. The molecule has 1 aliphatic rings. The lowest BCUT2D eigenvalue weighted by Crippen LogP contribution is -2.29. The van der Waals surface area contributed by atoms with Crippen LogP contribution in [0.5, 0.6) is 11.5 Å². The van der Waals surface area contributed by atoms with Crippen LogP contribution in [0.2, 0.25) is 0 Å². The molecule has 0 unspecified atom stereocenters. The summed E-state index contributed by atoms with van der Waals surface area (Å²) in [6.45, 7) is 1.95. The number of carbonyl (C=O) groups is 1. The van der Waals surface area contributed by atoms with Gasteiger partial charge in [-0.1, -0.05) is 6.07 Å². The molecular formula is C22H22N2O3S. The Labute approximate surface area is 168 Å². The number of rotatable bonds is 5. The quantitative estimate of drug-likeness (QED) is 0.688. The lowest BCUT2D eigenvalue weighted by Gasteiger charge is -2.29. The smallest absolute Gasteiger partial charge is 0.259 e. The third kappa shape index (κ3) is 3.55. The van der Waals surface area contributed by atoms with Crippen molar-refractivity contribution in [2.75, 3.05) is 31.0 Å². The predicted molar refractivity (Wildman–Crippen MR) is 113 cm³/mol. The summed E-state index contributed by atoms with van der Waals surface area (Å²) in [5.74, 6) is 0.729. The van der Waals surface area contributed by atoms with Crippen molar-refractivity contribution >= 4 is 28.6 Å². The molecule has 1 N–H and O–H groups in total. The Balaban J connectivity index is 1.47. The molecule has 4 rings (SSSR count). The number of benzene rings is 2. The van der Waals surface area contributed by atoms with Crippen LogP contribution in [0.3, 0.4) is 0 Å². The van der Waals surface area contributed by atoms with Gasteiger partial charge in [0.25, 0.3) is 5.91 Å². The molecule has 1 aliphatic heterocycles. The fraction of sp³-hybridized carbons (Fsp3) is 0.227. The first-order valence-electron chi connectivity index (χ1n) is 9.12. The van der Waals surface area contributed by atoms with Gasteiger partial charge in [-0.15, -0.1) is 11.3 Å². The zero-order valence-electron chi connectivity index (χ0n) is 15.9. The molecule has 0 saturated carbocycles. The number of para-hydroxylation sites is 1. The van der Waals surface area contributed by atoms with E-state index >= 15 is 0 Å². The molecule has 6 heteroatoms. The van der Waals surface area contributed by atoms with Gasteiger partial charge >= 0.3 is 0 Å². The highest BCUT2D eigenvalue weighted by molar-refractivity contribution is 7.10. The number of hydrogen-bond donors (Lipinski definition) is 1. The largest absolute Gasteiger partial charge is 0.493 e. The Morgan fingerprint density at radius 3 is 2.64 bits per heavy atom. The molecule has 0 fully saturated rings. The van der Waals surface area contributed by atoms with Crippen molar-refractivity contribution in [2.45, 2.75) is 13.0 Å². The first-order chi connectivity index (χ1) is 13.7. The average molecular weight is 394 g/mol. The molecule has 2 heterocycles. The topological polar surface area (TPSA) is 50.8 Å². The first kappa shape index (κ1) is 18.4. The molecule has 0 radical (unpaired) electrons. The zero-order valence-corrected chi connectivity index (χ0v) is 16.7. The SMILES string of the molecule is COc1cccc(C(=O)Nc2ccc(N3CCc4sccc4C3)cc2)c1OC. The Hall–Kier alpha value is -2.99. The Morgan fingerprint density at radius 2 is 1.89 bits per heavy atom. The molecule has 144 valence electrons. The summed E-state index contributed by atoms with van der Waals surface area (Å²) in [7, 11) is 3.08. The van der Waals surface area contributed by atoms with Gasteiger partial charge < -0.3 is 19.7 Å². The monoisotopic (exact) mass is 394 g/mol. The highest BCUT2D eigenvalue weighted by Crippen LogP contribution is 2.32. The average Bonchev–Trinajstić information content (AvgIpc) is 3.21. The number of nitrogens with one attached hydrogen (secondary N) is 1. The van der Waals surface area contributed by atoms with Crippen LogP contribution in [-0.4, -0.2) is 26.7 Å². The number of carbonyl (C=O) groups excluding carboxylic acids is 1. The molecule has 28 heavy (non-hydrogen) atoms. The standard InChI is InChI=1S/C22H22N2O3S/c1-26-19-5-3-4-18(21(19)27-2)22(25)23-16-6-8-17(9-7-16)24-12-10-20-15(14-24)11-13-28-20/h3-9,11,13H,10,12,14H2,1-2H3,(H,23,25). The summed E-state index contributed by atoms with van der Waals surface area (Å²) in [6, 6.07) is 15.4. The van der Waals surface area contributed by atoms with Gasteiger partial charge in [-0.05, 0) is 59.8 Å². The van der Waals surface area contributed by atoms with Gasteiger partial charge in [-0.2, -0.15) is 0 Å². The van der Waals surface area contributed by atoms with E-state index < -0.39 is 0 Å². The fourth-order valence-corrected chi connectivity index (χ4v) is 4.38. The van der Waals surface area contributed by atoms with Crippen LogP contribution >= 0.6 is 11.3 Å². The number of ether oxygens (including phenoxy) is 2. The molecule has 0 spiro atoms. The summed E-state index contributed by atoms with van der Waals surface area (Å²) < 4.78 is 10.6. The summed E-state index contributed by atoms with van der Waals surface area (Å²) in [4.78, 5) is 16.6. The van der Waals surface area contributed by atoms with Crippen LogP contribution in [0.15, 0.2) is 53.9 Å². The summed E-state index contributed by atoms with van der Waals surface area (Å²) >= 11 is 1.84. The van der Waals surface area contributed by atoms with E-state index in [9.17, 15) is 4.79 Å². The van der Waals surface area contributed by atoms with Gasteiger partial charge in [-0.25, -0.2) is 0 Å². The normalized spacial score (nSPS) is 13.0. The summed E-state index contributed by atoms with van der Waals surface area (Å²) in [6.07, 6.45) is 1.08. The van der Waals surface area contributed by atoms with Crippen LogP contribution in [0.1, 0.15) is 20.8 Å². The van der Waals surface area contributed by atoms with Gasteiger partial charge in [0.15, 0.2) is 11.5 Å². The maximum Gasteiger partial charge on any atom is 0.259 e. The second kappa shape index (κ2) is 7.94. The van der Waals surface area contributed by atoms with Gasteiger partial charge in [0, 0.05) is 29.3 Å². The Bertz CT molecular complexity index is 982. The van der Waals surface area contributed by atoms with E-state index in [1.54, 1.807) is 25.3 Å². The fourth-order valence-electron chi connectivity index (χ4n) is 3.49. The summed E-state index contributed by atoms with van der Waals surface area (Å²) in [5.41, 5.74) is 3.76. The second-order valence-electron chi connectivity index (χ2n) is 6.58. The van der Waals surface area contributed by atoms with Crippen LogP contribution in [0, 0.1) is 0 Å². The molecule has 1 amide bonds. The number of amides is 1. The highest BCUT2D eigenvalue weighted by atomic mass is 32.1. The predicted octanol–water partition coefficient (Wildman–Crippen LogP) is 4.58. The highest BCUT2D eigenvalue weighted by Gasteiger charge is 2.19. The maximum absolute atomic E-state index is 12.7. The molecule has 0 atom stereocenters. The molecule has 2 aromatic carbocycles. The van der Waals surface area contributed by atoms with Gasteiger partial charge in [0.1, 0.15) is 0 Å². The van der Waals surface area contributed by atoms with Crippen LogP contribution in [0.25, 0.3) is 0 Å². The van der Waals surface area contributed by atoms with Crippen molar-refractivity contribution in [1.29, 1.82) is 0 Å². The van der Waals surface area contributed by atoms with Crippen molar-refractivity contribution in [3.63, 3.8) is 0 Å². The lowest BCUT2D eigenvalue weighted by atomic mass is 10.1. The molecule has 0 bridgehead atoms. The number of thiophene rings is 1. The minimum absolute atomic E-state index is 0.232. The van der Waals surface area contributed by atoms with Crippen molar-refractivity contribution in [2.24, 2.45) is 0 Å².